The van der Waals surface area contributed by atoms with E-state index in [2.05, 4.69) is 32.6 Å². The Balaban J connectivity index is 1.81. The van der Waals surface area contributed by atoms with Gasteiger partial charge in [0.2, 0.25) is 0 Å². The van der Waals surface area contributed by atoms with Gasteiger partial charge in [-0.25, -0.2) is 4.98 Å². The van der Waals surface area contributed by atoms with E-state index in [1.807, 2.05) is 29.8 Å². The number of thiazole rings is 1. The SMILES string of the molecule is NC(=S)CCN(Cc1cn2ccsc2n1)c1ccccc1. The molecule has 0 unspecified atom stereocenters. The summed E-state index contributed by atoms with van der Waals surface area (Å²) in [6.45, 7) is 1.55. The van der Waals surface area contributed by atoms with Crippen molar-refractivity contribution in [1.29, 1.82) is 0 Å². The van der Waals surface area contributed by atoms with Gasteiger partial charge in [-0.15, -0.1) is 11.3 Å². The zero-order valence-electron chi connectivity index (χ0n) is 11.5. The Kier molecular flexibility index (Phi) is 4.17. The van der Waals surface area contributed by atoms with Crippen molar-refractivity contribution in [3.8, 4) is 0 Å². The Bertz CT molecular complexity index is 704. The number of imidazole rings is 1. The number of fused-ring (bicyclic) bond motifs is 1. The largest absolute Gasteiger partial charge is 0.393 e. The molecule has 0 aliphatic rings. The summed E-state index contributed by atoms with van der Waals surface area (Å²) < 4.78 is 2.05. The first-order valence-electron chi connectivity index (χ1n) is 6.72. The van der Waals surface area contributed by atoms with E-state index in [1.54, 1.807) is 11.3 Å². The minimum atomic E-state index is 0.543. The fourth-order valence-electron chi connectivity index (χ4n) is 2.23. The molecule has 0 fully saturated rings. The highest BCUT2D eigenvalue weighted by Gasteiger charge is 2.10. The second-order valence-corrected chi connectivity index (χ2v) is 6.20. The zero-order chi connectivity index (χ0) is 14.7. The fraction of sp³-hybridized carbons (Fsp3) is 0.200. The van der Waals surface area contributed by atoms with E-state index in [4.69, 9.17) is 18.0 Å². The number of rotatable bonds is 6. The highest BCUT2D eigenvalue weighted by Crippen LogP contribution is 2.18. The molecule has 108 valence electrons. The van der Waals surface area contributed by atoms with Crippen LogP contribution in [0.4, 0.5) is 5.69 Å². The average molecular weight is 316 g/mol. The van der Waals surface area contributed by atoms with Crippen molar-refractivity contribution in [3.63, 3.8) is 0 Å². The molecule has 0 atom stereocenters. The van der Waals surface area contributed by atoms with Gasteiger partial charge in [0.25, 0.3) is 0 Å². The maximum absolute atomic E-state index is 5.64. The van der Waals surface area contributed by atoms with E-state index in [-0.39, 0.29) is 0 Å². The quantitative estimate of drug-likeness (QED) is 0.710. The van der Waals surface area contributed by atoms with Gasteiger partial charge in [-0.2, -0.15) is 0 Å². The Morgan fingerprint density at radius 3 is 2.86 bits per heavy atom. The van der Waals surface area contributed by atoms with Gasteiger partial charge in [-0.1, -0.05) is 30.4 Å². The molecule has 6 heteroatoms. The van der Waals surface area contributed by atoms with Crippen LogP contribution < -0.4 is 10.6 Å². The molecule has 0 aliphatic heterocycles. The first kappa shape index (κ1) is 14.0. The van der Waals surface area contributed by atoms with Crippen molar-refractivity contribution in [1.82, 2.24) is 9.38 Å². The Hall–Kier alpha value is -1.92. The van der Waals surface area contributed by atoms with Gasteiger partial charge in [0, 0.05) is 36.4 Å². The normalized spacial score (nSPS) is 10.9. The lowest BCUT2D eigenvalue weighted by molar-refractivity contribution is 0.793. The van der Waals surface area contributed by atoms with Crippen LogP contribution in [0, 0.1) is 0 Å². The highest BCUT2D eigenvalue weighted by molar-refractivity contribution is 7.80. The van der Waals surface area contributed by atoms with Gasteiger partial charge in [0.15, 0.2) is 4.96 Å². The Morgan fingerprint density at radius 2 is 2.14 bits per heavy atom. The minimum absolute atomic E-state index is 0.543. The minimum Gasteiger partial charge on any atom is -0.393 e. The van der Waals surface area contributed by atoms with Crippen LogP contribution in [0.25, 0.3) is 4.96 Å². The molecule has 0 radical (unpaired) electrons. The highest BCUT2D eigenvalue weighted by atomic mass is 32.1. The van der Waals surface area contributed by atoms with Gasteiger partial charge in [-0.3, -0.25) is 4.40 Å². The lowest BCUT2D eigenvalue weighted by atomic mass is 10.2. The molecular formula is C15H16N4S2. The number of para-hydroxylation sites is 1. The molecule has 2 heterocycles. The molecule has 2 N–H and O–H groups in total. The maximum Gasteiger partial charge on any atom is 0.193 e. The lowest BCUT2D eigenvalue weighted by Gasteiger charge is -2.23. The Labute approximate surface area is 132 Å². The third-order valence-corrected chi connectivity index (χ3v) is 4.22. The molecule has 0 aliphatic carbocycles. The van der Waals surface area contributed by atoms with Gasteiger partial charge in [-0.05, 0) is 12.1 Å². The molecule has 4 nitrogen and oxygen atoms in total. The molecule has 0 bridgehead atoms. The van der Waals surface area contributed by atoms with Crippen LogP contribution in [0.5, 0.6) is 0 Å². The standard InChI is InChI=1S/C15H16N4S2/c16-14(20)6-7-18(13-4-2-1-3-5-13)10-12-11-19-8-9-21-15(19)17-12/h1-5,8-9,11H,6-7,10H2,(H2,16,20). The summed E-state index contributed by atoms with van der Waals surface area (Å²) in [7, 11) is 0. The van der Waals surface area contributed by atoms with Crippen LogP contribution in [0.1, 0.15) is 12.1 Å². The first-order valence-corrected chi connectivity index (χ1v) is 8.00. The average Bonchev–Trinajstić information content (AvgIpc) is 3.05. The van der Waals surface area contributed by atoms with Gasteiger partial charge in [0.05, 0.1) is 17.2 Å². The number of hydrogen-bond acceptors (Lipinski definition) is 4. The molecule has 3 aromatic rings. The molecule has 21 heavy (non-hydrogen) atoms. The van der Waals surface area contributed by atoms with Crippen molar-refractivity contribution in [2.75, 3.05) is 11.4 Å². The summed E-state index contributed by atoms with van der Waals surface area (Å²) in [6.07, 6.45) is 4.80. The molecule has 3 rings (SSSR count). The van der Waals surface area contributed by atoms with Crippen LogP contribution >= 0.6 is 23.6 Å². The van der Waals surface area contributed by atoms with Crippen molar-refractivity contribution < 1.29 is 0 Å². The molecule has 0 spiro atoms. The number of thiocarbonyl (C=S) groups is 1. The van der Waals surface area contributed by atoms with E-state index in [0.29, 0.717) is 11.4 Å². The monoisotopic (exact) mass is 316 g/mol. The molecule has 0 saturated heterocycles. The third kappa shape index (κ3) is 3.40. The maximum atomic E-state index is 5.64. The molecular weight excluding hydrogens is 300 g/mol. The van der Waals surface area contributed by atoms with Crippen LogP contribution in [0.15, 0.2) is 48.1 Å². The van der Waals surface area contributed by atoms with Crippen molar-refractivity contribution in [3.05, 3.63) is 53.8 Å². The summed E-state index contributed by atoms with van der Waals surface area (Å²) in [5.41, 5.74) is 7.85. The van der Waals surface area contributed by atoms with Gasteiger partial charge < -0.3 is 10.6 Å². The predicted molar refractivity (Wildman–Crippen MR) is 92.0 cm³/mol. The lowest BCUT2D eigenvalue weighted by Crippen LogP contribution is -2.27. The van der Waals surface area contributed by atoms with Crippen LogP contribution in [0.2, 0.25) is 0 Å². The summed E-state index contributed by atoms with van der Waals surface area (Å²) in [5, 5.41) is 2.04. The smallest absolute Gasteiger partial charge is 0.193 e. The molecule has 2 aromatic heterocycles. The van der Waals surface area contributed by atoms with Crippen molar-refractivity contribution in [2.24, 2.45) is 5.73 Å². The zero-order valence-corrected chi connectivity index (χ0v) is 13.1. The van der Waals surface area contributed by atoms with E-state index < -0.39 is 0 Å². The third-order valence-electron chi connectivity index (χ3n) is 3.25. The van der Waals surface area contributed by atoms with E-state index >= 15 is 0 Å². The predicted octanol–water partition coefficient (Wildman–Crippen LogP) is 3.08. The number of aromatic nitrogens is 2. The summed E-state index contributed by atoms with van der Waals surface area (Å²) in [6, 6.07) is 10.3. The number of hydrogen-bond donors (Lipinski definition) is 1. The summed E-state index contributed by atoms with van der Waals surface area (Å²) in [5.74, 6) is 0. The second kappa shape index (κ2) is 6.24. The van der Waals surface area contributed by atoms with E-state index in [1.165, 1.54) is 0 Å². The van der Waals surface area contributed by atoms with Crippen molar-refractivity contribution >= 4 is 39.2 Å². The van der Waals surface area contributed by atoms with Crippen molar-refractivity contribution in [2.45, 2.75) is 13.0 Å². The van der Waals surface area contributed by atoms with E-state index in [9.17, 15) is 0 Å². The molecule has 0 amide bonds. The topological polar surface area (TPSA) is 46.6 Å². The number of nitrogens with two attached hydrogens (primary N) is 1. The Morgan fingerprint density at radius 1 is 1.33 bits per heavy atom. The number of anilines is 1. The second-order valence-electron chi connectivity index (χ2n) is 4.80. The van der Waals surface area contributed by atoms with Crippen LogP contribution in [-0.2, 0) is 6.54 Å². The summed E-state index contributed by atoms with van der Waals surface area (Å²) >= 11 is 6.64. The van der Waals surface area contributed by atoms with Crippen LogP contribution in [-0.4, -0.2) is 20.9 Å². The van der Waals surface area contributed by atoms with Crippen LogP contribution in [0.3, 0.4) is 0 Å². The van der Waals surface area contributed by atoms with Gasteiger partial charge in [0.1, 0.15) is 0 Å². The number of nitrogens with zero attached hydrogens (tertiary/aromatic N) is 3. The number of benzene rings is 1. The molecule has 0 saturated carbocycles. The fourth-order valence-corrected chi connectivity index (χ4v) is 3.04. The van der Waals surface area contributed by atoms with E-state index in [0.717, 1.165) is 29.4 Å². The first-order chi connectivity index (χ1) is 10.2. The van der Waals surface area contributed by atoms with Gasteiger partial charge >= 0.3 is 0 Å². The molecule has 1 aromatic carbocycles. The summed E-state index contributed by atoms with van der Waals surface area (Å²) in [4.78, 5) is 8.46.